The summed E-state index contributed by atoms with van der Waals surface area (Å²) in [5.74, 6) is -0.838. The van der Waals surface area contributed by atoms with Crippen molar-refractivity contribution in [3.63, 3.8) is 0 Å². The third-order valence-electron chi connectivity index (χ3n) is 2.73. The number of hydrogen-bond acceptors (Lipinski definition) is 4. The Morgan fingerprint density at radius 3 is 2.32 bits per heavy atom. The highest BCUT2D eigenvalue weighted by molar-refractivity contribution is 5.44. The van der Waals surface area contributed by atoms with Gasteiger partial charge in [0.2, 0.25) is 0 Å². The first-order valence-electron chi connectivity index (χ1n) is 5.75. The number of aromatic hydroxyl groups is 2. The molecule has 0 saturated heterocycles. The predicted molar refractivity (Wildman–Crippen MR) is 69.6 cm³/mol. The van der Waals surface area contributed by atoms with Crippen LogP contribution in [0.25, 0.3) is 0 Å². The molecule has 0 spiro atoms. The molecule has 2 rings (SSSR count). The lowest BCUT2D eigenvalue weighted by molar-refractivity contribution is 0.191. The SMILES string of the molecule is Oc1ccc(C(O)CNc2ccc(F)cc2)cc1O. The Bertz CT molecular complexity index is 557. The van der Waals surface area contributed by atoms with Gasteiger partial charge in [-0.1, -0.05) is 6.07 Å². The largest absolute Gasteiger partial charge is 0.504 e. The maximum Gasteiger partial charge on any atom is 0.157 e. The molecule has 5 heteroatoms. The molecule has 0 fully saturated rings. The van der Waals surface area contributed by atoms with Crippen molar-refractivity contribution in [2.45, 2.75) is 6.10 Å². The number of benzene rings is 2. The minimum Gasteiger partial charge on any atom is -0.504 e. The number of phenolic OH excluding ortho intramolecular Hbond substituents is 2. The molecule has 0 amide bonds. The zero-order valence-electron chi connectivity index (χ0n) is 10.0. The lowest BCUT2D eigenvalue weighted by Gasteiger charge is -2.13. The standard InChI is InChI=1S/C14H14FNO3/c15-10-2-4-11(5-3-10)16-8-14(19)9-1-6-12(17)13(18)7-9/h1-7,14,16-19H,8H2. The molecule has 0 bridgehead atoms. The van der Waals surface area contributed by atoms with Crippen molar-refractivity contribution in [2.24, 2.45) is 0 Å². The normalized spacial score (nSPS) is 12.1. The molecule has 2 aromatic rings. The van der Waals surface area contributed by atoms with E-state index in [9.17, 15) is 19.7 Å². The van der Waals surface area contributed by atoms with Crippen LogP contribution in [0.4, 0.5) is 10.1 Å². The monoisotopic (exact) mass is 263 g/mol. The van der Waals surface area contributed by atoms with Gasteiger partial charge in [-0.2, -0.15) is 0 Å². The van der Waals surface area contributed by atoms with Crippen molar-refractivity contribution in [3.8, 4) is 11.5 Å². The molecule has 0 aliphatic carbocycles. The van der Waals surface area contributed by atoms with Gasteiger partial charge in [-0.15, -0.1) is 0 Å². The number of aliphatic hydroxyl groups excluding tert-OH is 1. The minimum atomic E-state index is -0.850. The highest BCUT2D eigenvalue weighted by Gasteiger charge is 2.10. The summed E-state index contributed by atoms with van der Waals surface area (Å²) in [6.45, 7) is 0.204. The predicted octanol–water partition coefficient (Wildman–Crippen LogP) is 2.38. The summed E-state index contributed by atoms with van der Waals surface area (Å²) >= 11 is 0. The van der Waals surface area contributed by atoms with Crippen LogP contribution in [-0.2, 0) is 0 Å². The van der Waals surface area contributed by atoms with Gasteiger partial charge < -0.3 is 20.6 Å². The van der Waals surface area contributed by atoms with Crippen molar-refractivity contribution in [1.82, 2.24) is 0 Å². The summed E-state index contributed by atoms with van der Waals surface area (Å²) in [6.07, 6.45) is -0.850. The first kappa shape index (κ1) is 13.2. The highest BCUT2D eigenvalue weighted by atomic mass is 19.1. The van der Waals surface area contributed by atoms with Crippen LogP contribution < -0.4 is 5.32 Å². The van der Waals surface area contributed by atoms with Gasteiger partial charge >= 0.3 is 0 Å². The molecule has 0 saturated carbocycles. The molecule has 0 heterocycles. The first-order chi connectivity index (χ1) is 9.06. The number of halogens is 1. The quantitative estimate of drug-likeness (QED) is 0.639. The van der Waals surface area contributed by atoms with E-state index in [0.29, 0.717) is 11.3 Å². The summed E-state index contributed by atoms with van der Waals surface area (Å²) in [7, 11) is 0. The van der Waals surface area contributed by atoms with E-state index in [0.717, 1.165) is 0 Å². The maximum atomic E-state index is 12.7. The van der Waals surface area contributed by atoms with Gasteiger partial charge in [0.15, 0.2) is 11.5 Å². The van der Waals surface area contributed by atoms with Crippen LogP contribution in [-0.4, -0.2) is 21.9 Å². The van der Waals surface area contributed by atoms with E-state index in [1.165, 1.54) is 30.3 Å². The molecule has 2 aromatic carbocycles. The van der Waals surface area contributed by atoms with Crippen molar-refractivity contribution >= 4 is 5.69 Å². The van der Waals surface area contributed by atoms with Gasteiger partial charge in [0, 0.05) is 12.2 Å². The Morgan fingerprint density at radius 2 is 1.68 bits per heavy atom. The Hall–Kier alpha value is -2.27. The van der Waals surface area contributed by atoms with Crippen molar-refractivity contribution in [1.29, 1.82) is 0 Å². The van der Waals surface area contributed by atoms with Crippen LogP contribution in [0.3, 0.4) is 0 Å². The zero-order valence-corrected chi connectivity index (χ0v) is 10.0. The van der Waals surface area contributed by atoms with Gasteiger partial charge in [-0.05, 0) is 42.0 Å². The second-order valence-corrected chi connectivity index (χ2v) is 4.15. The number of aliphatic hydroxyl groups is 1. The topological polar surface area (TPSA) is 72.7 Å². The molecule has 0 radical (unpaired) electrons. The van der Waals surface area contributed by atoms with Gasteiger partial charge in [0.1, 0.15) is 5.82 Å². The molecule has 4 nitrogen and oxygen atoms in total. The first-order valence-corrected chi connectivity index (χ1v) is 5.75. The van der Waals surface area contributed by atoms with Crippen LogP contribution in [0.15, 0.2) is 42.5 Å². The maximum absolute atomic E-state index is 12.7. The van der Waals surface area contributed by atoms with E-state index in [1.54, 1.807) is 12.1 Å². The summed E-state index contributed by atoms with van der Waals surface area (Å²) in [4.78, 5) is 0. The lowest BCUT2D eigenvalue weighted by atomic mass is 10.1. The Kier molecular flexibility index (Phi) is 3.87. The number of anilines is 1. The molecule has 100 valence electrons. The molecule has 0 aliphatic rings. The van der Waals surface area contributed by atoms with Crippen molar-refractivity contribution in [3.05, 3.63) is 53.8 Å². The molecule has 1 atom stereocenters. The summed E-state index contributed by atoms with van der Waals surface area (Å²) in [5.41, 5.74) is 1.16. The number of nitrogens with one attached hydrogen (secondary N) is 1. The van der Waals surface area contributed by atoms with E-state index in [4.69, 9.17) is 0 Å². The van der Waals surface area contributed by atoms with Crippen LogP contribution in [0.2, 0.25) is 0 Å². The van der Waals surface area contributed by atoms with E-state index in [2.05, 4.69) is 5.32 Å². The molecule has 19 heavy (non-hydrogen) atoms. The fourth-order valence-corrected chi connectivity index (χ4v) is 1.65. The second-order valence-electron chi connectivity index (χ2n) is 4.15. The van der Waals surface area contributed by atoms with E-state index >= 15 is 0 Å². The third-order valence-corrected chi connectivity index (χ3v) is 2.73. The lowest BCUT2D eigenvalue weighted by Crippen LogP contribution is -2.12. The molecular weight excluding hydrogens is 249 g/mol. The average Bonchev–Trinajstić information content (AvgIpc) is 2.41. The fraction of sp³-hybridized carbons (Fsp3) is 0.143. The van der Waals surface area contributed by atoms with Crippen LogP contribution >= 0.6 is 0 Å². The molecular formula is C14H14FNO3. The van der Waals surface area contributed by atoms with Gasteiger partial charge in [0.05, 0.1) is 6.10 Å². The minimum absolute atomic E-state index is 0.204. The van der Waals surface area contributed by atoms with Crippen LogP contribution in [0, 0.1) is 5.82 Å². The van der Waals surface area contributed by atoms with Gasteiger partial charge in [-0.25, -0.2) is 4.39 Å². The molecule has 0 aliphatic heterocycles. The molecule has 1 unspecified atom stereocenters. The average molecular weight is 263 g/mol. The van der Waals surface area contributed by atoms with E-state index in [1.807, 2.05) is 0 Å². The number of phenols is 2. The highest BCUT2D eigenvalue weighted by Crippen LogP contribution is 2.27. The second kappa shape index (κ2) is 5.58. The van der Waals surface area contributed by atoms with E-state index in [-0.39, 0.29) is 23.9 Å². The third kappa shape index (κ3) is 3.35. The Balaban J connectivity index is 1.98. The molecule has 4 N–H and O–H groups in total. The van der Waals surface area contributed by atoms with E-state index < -0.39 is 6.10 Å². The zero-order chi connectivity index (χ0) is 13.8. The number of hydrogen-bond donors (Lipinski definition) is 4. The van der Waals surface area contributed by atoms with Crippen molar-refractivity contribution < 1.29 is 19.7 Å². The summed E-state index contributed by atoms with van der Waals surface area (Å²) < 4.78 is 12.7. The van der Waals surface area contributed by atoms with Crippen molar-refractivity contribution in [2.75, 3.05) is 11.9 Å². The Morgan fingerprint density at radius 1 is 1.00 bits per heavy atom. The van der Waals surface area contributed by atoms with Crippen LogP contribution in [0.1, 0.15) is 11.7 Å². The smallest absolute Gasteiger partial charge is 0.157 e. The van der Waals surface area contributed by atoms with Gasteiger partial charge in [-0.3, -0.25) is 0 Å². The Labute approximate surface area is 109 Å². The number of rotatable bonds is 4. The molecule has 0 aromatic heterocycles. The fourth-order valence-electron chi connectivity index (χ4n) is 1.65. The van der Waals surface area contributed by atoms with Crippen LogP contribution in [0.5, 0.6) is 11.5 Å². The summed E-state index contributed by atoms with van der Waals surface area (Å²) in [6, 6.07) is 9.90. The van der Waals surface area contributed by atoms with Gasteiger partial charge in [0.25, 0.3) is 0 Å². The summed E-state index contributed by atoms with van der Waals surface area (Å²) in [5, 5.41) is 31.4.